The van der Waals surface area contributed by atoms with Gasteiger partial charge in [-0.15, -0.1) is 0 Å². The molecule has 1 fully saturated rings. The molecule has 0 amide bonds. The molecule has 1 aromatic carbocycles. The maximum atomic E-state index is 9.64. The molecule has 1 atom stereocenters. The quantitative estimate of drug-likeness (QED) is 0.327. The van der Waals surface area contributed by atoms with Crippen LogP contribution in [0, 0.1) is 0 Å². The van der Waals surface area contributed by atoms with Crippen molar-refractivity contribution in [1.29, 1.82) is 0 Å². The molecule has 0 spiro atoms. The number of hydrogen-bond acceptors (Lipinski definition) is 5. The van der Waals surface area contributed by atoms with Gasteiger partial charge in [0.2, 0.25) is 0 Å². The Labute approximate surface area is 116 Å². The van der Waals surface area contributed by atoms with Crippen LogP contribution < -0.4 is 10.6 Å². The molecule has 2 heterocycles. The molecule has 1 saturated heterocycles. The smallest absolute Gasteiger partial charge is 0.170 e. The Morgan fingerprint density at radius 1 is 1.40 bits per heavy atom. The summed E-state index contributed by atoms with van der Waals surface area (Å²) in [6, 6.07) is 9.36. The molecule has 6 nitrogen and oxygen atoms in total. The van der Waals surface area contributed by atoms with Gasteiger partial charge < -0.3 is 20.9 Å². The first-order chi connectivity index (χ1) is 9.69. The molecule has 1 unspecified atom stereocenters. The fourth-order valence-corrected chi connectivity index (χ4v) is 2.54. The lowest BCUT2D eigenvalue weighted by molar-refractivity contribution is 0.198. The fourth-order valence-electron chi connectivity index (χ4n) is 2.54. The molecule has 0 aliphatic carbocycles. The van der Waals surface area contributed by atoms with Crippen molar-refractivity contribution in [3.8, 4) is 0 Å². The maximum Gasteiger partial charge on any atom is 0.170 e. The largest absolute Gasteiger partial charge is 0.409 e. The summed E-state index contributed by atoms with van der Waals surface area (Å²) in [5.41, 5.74) is 7.19. The second-order valence-corrected chi connectivity index (χ2v) is 4.92. The van der Waals surface area contributed by atoms with E-state index in [4.69, 9.17) is 10.9 Å². The Hall–Kier alpha value is -2.34. The van der Waals surface area contributed by atoms with E-state index in [0.717, 1.165) is 29.7 Å². The van der Waals surface area contributed by atoms with Crippen LogP contribution in [-0.2, 0) is 0 Å². The van der Waals surface area contributed by atoms with Crippen LogP contribution in [0.15, 0.2) is 35.5 Å². The molecular weight excluding hydrogens is 256 g/mol. The van der Waals surface area contributed by atoms with E-state index in [9.17, 15) is 5.11 Å². The number of aliphatic hydroxyl groups excluding tert-OH is 1. The average molecular weight is 272 g/mol. The van der Waals surface area contributed by atoms with Gasteiger partial charge in [-0.1, -0.05) is 23.4 Å². The summed E-state index contributed by atoms with van der Waals surface area (Å²) >= 11 is 0. The first kappa shape index (κ1) is 12.7. The van der Waals surface area contributed by atoms with Crippen molar-refractivity contribution >= 4 is 22.6 Å². The summed E-state index contributed by atoms with van der Waals surface area (Å²) in [6.07, 6.45) is 0.406. The summed E-state index contributed by atoms with van der Waals surface area (Å²) < 4.78 is 0. The number of rotatable bonds is 2. The van der Waals surface area contributed by atoms with E-state index >= 15 is 0 Å². The van der Waals surface area contributed by atoms with Gasteiger partial charge in [-0.2, -0.15) is 0 Å². The number of oxime groups is 1. The standard InChI is InChI=1S/C14H16N4O2/c15-14(17-20)11-7-13(18-6-5-9(19)8-18)16-12-4-2-1-3-10(11)12/h1-4,7,9,19-20H,5-6,8H2,(H2,15,17). The maximum absolute atomic E-state index is 9.64. The Morgan fingerprint density at radius 3 is 2.90 bits per heavy atom. The van der Waals surface area contributed by atoms with Gasteiger partial charge in [0.05, 0.1) is 11.6 Å². The highest BCUT2D eigenvalue weighted by atomic mass is 16.4. The van der Waals surface area contributed by atoms with Crippen molar-refractivity contribution < 1.29 is 10.3 Å². The molecule has 20 heavy (non-hydrogen) atoms. The van der Waals surface area contributed by atoms with Crippen molar-refractivity contribution in [3.63, 3.8) is 0 Å². The zero-order valence-corrected chi connectivity index (χ0v) is 10.9. The van der Waals surface area contributed by atoms with Crippen LogP contribution in [0.25, 0.3) is 10.9 Å². The van der Waals surface area contributed by atoms with E-state index in [0.29, 0.717) is 12.1 Å². The number of benzene rings is 1. The van der Waals surface area contributed by atoms with Crippen molar-refractivity contribution in [2.75, 3.05) is 18.0 Å². The lowest BCUT2D eigenvalue weighted by Gasteiger charge is -2.18. The van der Waals surface area contributed by atoms with E-state index < -0.39 is 0 Å². The second kappa shape index (κ2) is 4.97. The van der Waals surface area contributed by atoms with Crippen LogP contribution in [0.5, 0.6) is 0 Å². The van der Waals surface area contributed by atoms with E-state index in [1.165, 1.54) is 0 Å². The summed E-state index contributed by atoms with van der Waals surface area (Å²) in [4.78, 5) is 6.60. The summed E-state index contributed by atoms with van der Waals surface area (Å²) in [6.45, 7) is 1.31. The van der Waals surface area contributed by atoms with Crippen LogP contribution in [0.3, 0.4) is 0 Å². The number of β-amino-alcohol motifs (C(OH)–C–C–N with tert-alkyl or cyclic N) is 1. The molecule has 0 radical (unpaired) electrons. The van der Waals surface area contributed by atoms with Crippen LogP contribution >= 0.6 is 0 Å². The topological polar surface area (TPSA) is 95.0 Å². The summed E-state index contributed by atoms with van der Waals surface area (Å²) in [5, 5.41) is 22.5. The van der Waals surface area contributed by atoms with Crippen molar-refractivity contribution in [3.05, 3.63) is 35.9 Å². The van der Waals surface area contributed by atoms with Crippen molar-refractivity contribution in [1.82, 2.24) is 4.98 Å². The molecule has 1 aliphatic heterocycles. The molecule has 0 saturated carbocycles. The molecule has 0 bridgehead atoms. The van der Waals surface area contributed by atoms with Gasteiger partial charge in [0.25, 0.3) is 0 Å². The highest BCUT2D eigenvalue weighted by Gasteiger charge is 2.22. The third kappa shape index (κ3) is 2.14. The Balaban J connectivity index is 2.15. The monoisotopic (exact) mass is 272 g/mol. The van der Waals surface area contributed by atoms with Crippen molar-refractivity contribution in [2.45, 2.75) is 12.5 Å². The molecule has 104 valence electrons. The van der Waals surface area contributed by atoms with Gasteiger partial charge in [0, 0.05) is 24.0 Å². The van der Waals surface area contributed by atoms with Crippen LogP contribution in [0.1, 0.15) is 12.0 Å². The Bertz CT molecular complexity index is 671. The van der Waals surface area contributed by atoms with Crippen LogP contribution in [0.2, 0.25) is 0 Å². The lowest BCUT2D eigenvalue weighted by Crippen LogP contribution is -2.23. The number of aromatic nitrogens is 1. The average Bonchev–Trinajstić information content (AvgIpc) is 2.92. The van der Waals surface area contributed by atoms with Crippen LogP contribution in [0.4, 0.5) is 5.82 Å². The Morgan fingerprint density at radius 2 is 2.20 bits per heavy atom. The van der Waals surface area contributed by atoms with E-state index in [1.54, 1.807) is 6.07 Å². The number of aliphatic hydroxyl groups is 1. The molecular formula is C14H16N4O2. The summed E-state index contributed by atoms with van der Waals surface area (Å²) in [5.74, 6) is 0.798. The van der Waals surface area contributed by atoms with Crippen molar-refractivity contribution in [2.24, 2.45) is 10.9 Å². The number of fused-ring (bicyclic) bond motifs is 1. The number of anilines is 1. The number of para-hydroxylation sites is 1. The number of nitrogens with zero attached hydrogens (tertiary/aromatic N) is 3. The normalized spacial score (nSPS) is 19.8. The van der Waals surface area contributed by atoms with Gasteiger partial charge in [-0.05, 0) is 18.6 Å². The minimum Gasteiger partial charge on any atom is -0.409 e. The van der Waals surface area contributed by atoms with Crippen LogP contribution in [-0.4, -0.2) is 40.3 Å². The minimum absolute atomic E-state index is 0.0598. The zero-order valence-electron chi connectivity index (χ0n) is 10.9. The predicted molar refractivity (Wildman–Crippen MR) is 77.1 cm³/mol. The van der Waals surface area contributed by atoms with Gasteiger partial charge >= 0.3 is 0 Å². The summed E-state index contributed by atoms with van der Waals surface area (Å²) in [7, 11) is 0. The van der Waals surface area contributed by atoms with E-state index in [-0.39, 0.29) is 11.9 Å². The number of nitrogens with two attached hydrogens (primary N) is 1. The zero-order chi connectivity index (χ0) is 14.1. The lowest BCUT2D eigenvalue weighted by atomic mass is 10.1. The number of hydrogen-bond donors (Lipinski definition) is 3. The SMILES string of the molecule is NC(=NO)c1cc(N2CCC(O)C2)nc2ccccc12. The minimum atomic E-state index is -0.324. The van der Waals surface area contributed by atoms with Gasteiger partial charge in [-0.25, -0.2) is 4.98 Å². The Kier molecular flexibility index (Phi) is 3.15. The molecule has 3 rings (SSSR count). The molecule has 2 aromatic rings. The fraction of sp³-hybridized carbons (Fsp3) is 0.286. The highest BCUT2D eigenvalue weighted by Crippen LogP contribution is 2.25. The van der Waals surface area contributed by atoms with E-state index in [1.807, 2.05) is 29.2 Å². The first-order valence-electron chi connectivity index (χ1n) is 6.49. The van der Waals surface area contributed by atoms with Gasteiger partial charge in [0.15, 0.2) is 5.84 Å². The number of pyridine rings is 1. The number of amidine groups is 1. The molecule has 4 N–H and O–H groups in total. The molecule has 6 heteroatoms. The first-order valence-corrected chi connectivity index (χ1v) is 6.49. The third-order valence-electron chi connectivity index (χ3n) is 3.57. The van der Waals surface area contributed by atoms with Gasteiger partial charge in [-0.3, -0.25) is 0 Å². The highest BCUT2D eigenvalue weighted by molar-refractivity contribution is 6.08. The predicted octanol–water partition coefficient (Wildman–Crippen LogP) is 0.900. The molecule has 1 aliphatic rings. The van der Waals surface area contributed by atoms with E-state index in [2.05, 4.69) is 10.1 Å². The van der Waals surface area contributed by atoms with Gasteiger partial charge in [0.1, 0.15) is 5.82 Å². The second-order valence-electron chi connectivity index (χ2n) is 4.92. The third-order valence-corrected chi connectivity index (χ3v) is 3.57. The molecule has 1 aromatic heterocycles.